The van der Waals surface area contributed by atoms with Gasteiger partial charge >= 0.3 is 0 Å². The number of rotatable bonds is 4. The van der Waals surface area contributed by atoms with Gasteiger partial charge in [0, 0.05) is 16.3 Å². The molecule has 1 amide bonds. The number of anilines is 1. The van der Waals surface area contributed by atoms with E-state index in [2.05, 4.69) is 57.7 Å². The number of hydrogen-bond acceptors (Lipinski definition) is 5. The lowest BCUT2D eigenvalue weighted by molar-refractivity contribution is -0.115. The van der Waals surface area contributed by atoms with Gasteiger partial charge in [0.25, 0.3) is 0 Å². The standard InChI is InChI=1S/C22H17N3OS2/c1-13-23-17(11-27-13)10-21(26)25-22-24-20(12-28-22)15-6-7-19-16(9-15)8-14-4-2-3-5-18(14)19/h2-7,9,11-12H,8,10H2,1H3,(H,24,25,26). The van der Waals surface area contributed by atoms with Crippen LogP contribution in [0.15, 0.2) is 53.2 Å². The first kappa shape index (κ1) is 17.3. The molecular weight excluding hydrogens is 386 g/mol. The fourth-order valence-electron chi connectivity index (χ4n) is 3.59. The summed E-state index contributed by atoms with van der Waals surface area (Å²) in [5, 5.41) is 8.39. The molecular formula is C22H17N3OS2. The van der Waals surface area contributed by atoms with Gasteiger partial charge in [-0.15, -0.1) is 22.7 Å². The number of aryl methyl sites for hydroxylation is 1. The molecule has 4 aromatic rings. The molecule has 0 unspecified atom stereocenters. The summed E-state index contributed by atoms with van der Waals surface area (Å²) >= 11 is 3.00. The van der Waals surface area contributed by atoms with E-state index < -0.39 is 0 Å². The number of amides is 1. The highest BCUT2D eigenvalue weighted by Gasteiger charge is 2.19. The quantitative estimate of drug-likeness (QED) is 0.441. The maximum absolute atomic E-state index is 12.2. The Labute approximate surface area is 170 Å². The number of carbonyl (C=O) groups excluding carboxylic acids is 1. The number of benzene rings is 2. The van der Waals surface area contributed by atoms with Crippen LogP contribution in [0.25, 0.3) is 22.4 Å². The molecule has 0 radical (unpaired) electrons. The largest absolute Gasteiger partial charge is 0.302 e. The molecule has 4 nitrogen and oxygen atoms in total. The van der Waals surface area contributed by atoms with Crippen molar-refractivity contribution in [3.8, 4) is 22.4 Å². The van der Waals surface area contributed by atoms with Gasteiger partial charge in [-0.3, -0.25) is 4.79 Å². The van der Waals surface area contributed by atoms with Crippen LogP contribution in [0.4, 0.5) is 5.13 Å². The molecule has 2 aromatic carbocycles. The lowest BCUT2D eigenvalue weighted by Crippen LogP contribution is -2.14. The van der Waals surface area contributed by atoms with Gasteiger partial charge in [-0.05, 0) is 41.7 Å². The number of fused-ring (bicyclic) bond motifs is 3. The average molecular weight is 404 g/mol. The Bertz CT molecular complexity index is 1190. The van der Waals surface area contributed by atoms with Gasteiger partial charge in [0.1, 0.15) is 0 Å². The Hall–Kier alpha value is -2.83. The normalized spacial score (nSPS) is 11.9. The molecule has 0 atom stereocenters. The Morgan fingerprint density at radius 1 is 1.04 bits per heavy atom. The van der Waals surface area contributed by atoms with E-state index in [0.29, 0.717) is 5.13 Å². The lowest BCUT2D eigenvalue weighted by Gasteiger charge is -2.03. The zero-order valence-corrected chi connectivity index (χ0v) is 16.9. The molecule has 28 heavy (non-hydrogen) atoms. The van der Waals surface area contributed by atoms with Crippen LogP contribution in [0.1, 0.15) is 21.8 Å². The van der Waals surface area contributed by atoms with Crippen molar-refractivity contribution in [2.24, 2.45) is 0 Å². The molecule has 0 fully saturated rings. The van der Waals surface area contributed by atoms with Crippen molar-refractivity contribution in [3.63, 3.8) is 0 Å². The van der Waals surface area contributed by atoms with Crippen LogP contribution in [-0.2, 0) is 17.6 Å². The van der Waals surface area contributed by atoms with Crippen LogP contribution >= 0.6 is 22.7 Å². The second kappa shape index (κ2) is 6.96. The van der Waals surface area contributed by atoms with E-state index in [1.54, 1.807) is 11.3 Å². The molecule has 5 rings (SSSR count). The Kier molecular flexibility index (Phi) is 4.30. The molecule has 138 valence electrons. The summed E-state index contributed by atoms with van der Waals surface area (Å²) in [5.74, 6) is -0.0874. The van der Waals surface area contributed by atoms with Crippen molar-refractivity contribution in [2.75, 3.05) is 5.32 Å². The summed E-state index contributed by atoms with van der Waals surface area (Å²) in [7, 11) is 0. The van der Waals surface area contributed by atoms with Crippen molar-refractivity contribution >= 4 is 33.7 Å². The first-order valence-electron chi connectivity index (χ1n) is 9.04. The predicted molar refractivity (Wildman–Crippen MR) is 115 cm³/mol. The van der Waals surface area contributed by atoms with Gasteiger partial charge in [-0.2, -0.15) is 0 Å². The summed E-state index contributed by atoms with van der Waals surface area (Å²) in [6.07, 6.45) is 1.23. The van der Waals surface area contributed by atoms with E-state index in [4.69, 9.17) is 0 Å². The average Bonchev–Trinajstić information content (AvgIpc) is 3.39. The monoisotopic (exact) mass is 403 g/mol. The van der Waals surface area contributed by atoms with Crippen LogP contribution in [0.5, 0.6) is 0 Å². The molecule has 0 saturated carbocycles. The third-order valence-corrected chi connectivity index (χ3v) is 6.43. The van der Waals surface area contributed by atoms with Crippen LogP contribution in [0, 0.1) is 6.92 Å². The lowest BCUT2D eigenvalue weighted by atomic mass is 10.0. The minimum absolute atomic E-state index is 0.0874. The summed E-state index contributed by atoms with van der Waals surface area (Å²) in [4.78, 5) is 21.2. The minimum Gasteiger partial charge on any atom is -0.302 e. The van der Waals surface area contributed by atoms with Crippen LogP contribution in [0.2, 0.25) is 0 Å². The molecule has 2 heterocycles. The Morgan fingerprint density at radius 2 is 1.89 bits per heavy atom. The van der Waals surface area contributed by atoms with Crippen molar-refractivity contribution in [1.29, 1.82) is 0 Å². The molecule has 1 aliphatic rings. The predicted octanol–water partition coefficient (Wildman–Crippen LogP) is 5.33. The molecule has 2 aromatic heterocycles. The SMILES string of the molecule is Cc1nc(CC(=O)Nc2nc(-c3ccc4c(c3)Cc3ccccc3-4)cs2)cs1. The maximum atomic E-state index is 12.2. The third kappa shape index (κ3) is 3.25. The van der Waals surface area contributed by atoms with Gasteiger partial charge in [-0.1, -0.05) is 36.4 Å². The van der Waals surface area contributed by atoms with Crippen LogP contribution in [0.3, 0.4) is 0 Å². The van der Waals surface area contributed by atoms with Crippen LogP contribution < -0.4 is 5.32 Å². The fraction of sp³-hybridized carbons (Fsp3) is 0.136. The van der Waals surface area contributed by atoms with E-state index in [1.165, 1.54) is 33.6 Å². The number of hydrogen-bond donors (Lipinski definition) is 1. The van der Waals surface area contributed by atoms with Gasteiger partial charge in [-0.25, -0.2) is 9.97 Å². The second-order valence-corrected chi connectivity index (χ2v) is 8.75. The molecule has 1 N–H and O–H groups in total. The zero-order chi connectivity index (χ0) is 19.1. The smallest absolute Gasteiger partial charge is 0.232 e. The second-order valence-electron chi connectivity index (χ2n) is 6.83. The van der Waals surface area contributed by atoms with Gasteiger partial charge in [0.15, 0.2) is 5.13 Å². The molecule has 0 aliphatic heterocycles. The number of thiazole rings is 2. The summed E-state index contributed by atoms with van der Waals surface area (Å²) in [6, 6.07) is 15.1. The summed E-state index contributed by atoms with van der Waals surface area (Å²) < 4.78 is 0. The maximum Gasteiger partial charge on any atom is 0.232 e. The zero-order valence-electron chi connectivity index (χ0n) is 15.2. The first-order valence-corrected chi connectivity index (χ1v) is 10.8. The van der Waals surface area contributed by atoms with Crippen molar-refractivity contribution < 1.29 is 4.79 Å². The van der Waals surface area contributed by atoms with Crippen LogP contribution in [-0.4, -0.2) is 15.9 Å². The molecule has 1 aliphatic carbocycles. The van der Waals surface area contributed by atoms with E-state index in [-0.39, 0.29) is 12.3 Å². The van der Waals surface area contributed by atoms with E-state index >= 15 is 0 Å². The summed E-state index contributed by atoms with van der Waals surface area (Å²) in [6.45, 7) is 1.94. The number of carbonyl (C=O) groups is 1. The summed E-state index contributed by atoms with van der Waals surface area (Å²) in [5.41, 5.74) is 8.11. The van der Waals surface area contributed by atoms with E-state index in [1.807, 2.05) is 17.7 Å². The minimum atomic E-state index is -0.0874. The van der Waals surface area contributed by atoms with E-state index in [9.17, 15) is 4.79 Å². The van der Waals surface area contributed by atoms with Crippen molar-refractivity contribution in [2.45, 2.75) is 19.8 Å². The van der Waals surface area contributed by atoms with Gasteiger partial charge in [0.2, 0.25) is 5.91 Å². The molecule has 0 saturated heterocycles. The molecule has 6 heteroatoms. The highest BCUT2D eigenvalue weighted by atomic mass is 32.1. The molecule has 0 bridgehead atoms. The third-order valence-electron chi connectivity index (χ3n) is 4.85. The number of nitrogens with one attached hydrogen (secondary N) is 1. The highest BCUT2D eigenvalue weighted by Crippen LogP contribution is 2.38. The van der Waals surface area contributed by atoms with Gasteiger partial charge < -0.3 is 5.32 Å². The molecule has 0 spiro atoms. The van der Waals surface area contributed by atoms with Gasteiger partial charge in [0.05, 0.1) is 22.8 Å². The van der Waals surface area contributed by atoms with Crippen molar-refractivity contribution in [3.05, 3.63) is 75.1 Å². The van der Waals surface area contributed by atoms with Crippen molar-refractivity contribution in [1.82, 2.24) is 9.97 Å². The number of nitrogens with zero attached hydrogens (tertiary/aromatic N) is 2. The topological polar surface area (TPSA) is 54.9 Å². The fourth-order valence-corrected chi connectivity index (χ4v) is 4.93. The Morgan fingerprint density at radius 3 is 2.75 bits per heavy atom. The van der Waals surface area contributed by atoms with E-state index in [0.717, 1.165) is 28.4 Å². The highest BCUT2D eigenvalue weighted by molar-refractivity contribution is 7.14. The number of aromatic nitrogens is 2. The first-order chi connectivity index (χ1) is 13.7. The Balaban J connectivity index is 1.33.